The van der Waals surface area contributed by atoms with Gasteiger partial charge < -0.3 is 0 Å². The van der Waals surface area contributed by atoms with Crippen LogP contribution in [0.5, 0.6) is 0 Å². The number of benzene rings is 1. The number of amides is 1. The zero-order chi connectivity index (χ0) is 11.1. The molecule has 1 saturated heterocycles. The van der Waals surface area contributed by atoms with Crippen LogP contribution in [0.4, 0.5) is 4.39 Å². The molecule has 1 fully saturated rings. The average molecular weight is 295 g/mol. The van der Waals surface area contributed by atoms with Gasteiger partial charge in [0.25, 0.3) is 0 Å². The van der Waals surface area contributed by atoms with Crippen molar-refractivity contribution in [2.75, 3.05) is 6.54 Å². The van der Waals surface area contributed by atoms with Crippen LogP contribution in [0.25, 0.3) is 0 Å². The normalized spacial score (nSPS) is 21.1. The fourth-order valence-corrected chi connectivity index (χ4v) is 3.70. The molecule has 1 aliphatic heterocycles. The maximum Gasteiger partial charge on any atom is 0.246 e. The monoisotopic (exact) mass is 294 g/mol. The van der Waals surface area contributed by atoms with Crippen molar-refractivity contribution >= 4 is 32.1 Å². The van der Waals surface area contributed by atoms with E-state index in [4.69, 9.17) is 0 Å². The Morgan fingerprint density at radius 2 is 2.20 bits per heavy atom. The van der Waals surface area contributed by atoms with E-state index in [9.17, 15) is 13.4 Å². The first-order valence-corrected chi connectivity index (χ1v) is 6.64. The minimum Gasteiger partial charge on any atom is -0.282 e. The van der Waals surface area contributed by atoms with Crippen molar-refractivity contribution < 1.29 is 13.4 Å². The molecule has 1 amide bonds. The van der Waals surface area contributed by atoms with Crippen molar-refractivity contribution in [1.29, 1.82) is 0 Å². The van der Waals surface area contributed by atoms with Crippen molar-refractivity contribution in [2.45, 2.75) is 4.90 Å². The summed E-state index contributed by atoms with van der Waals surface area (Å²) in [7, 11) is -3.30. The molecular formula is C8H8BrFN2O2S. The molecule has 0 atom stereocenters. The van der Waals surface area contributed by atoms with Gasteiger partial charge in [-0.25, -0.2) is 13.3 Å². The topological polar surface area (TPSA) is 58.2 Å². The van der Waals surface area contributed by atoms with Crippen LogP contribution in [0, 0.1) is 5.82 Å². The second-order valence-electron chi connectivity index (χ2n) is 3.05. The van der Waals surface area contributed by atoms with Gasteiger partial charge >= 0.3 is 0 Å². The van der Waals surface area contributed by atoms with Crippen molar-refractivity contribution in [3.05, 3.63) is 28.5 Å². The lowest BCUT2D eigenvalue weighted by Crippen LogP contribution is -2.35. The average Bonchev–Trinajstić information content (AvgIpc) is 2.52. The van der Waals surface area contributed by atoms with Gasteiger partial charge in [0.2, 0.25) is 5.91 Å². The van der Waals surface area contributed by atoms with E-state index < -0.39 is 22.0 Å². The molecule has 0 bridgehead atoms. The lowest BCUT2D eigenvalue weighted by molar-refractivity contribution is -0.117. The minimum absolute atomic E-state index is 0.0114. The van der Waals surface area contributed by atoms with Crippen LogP contribution in [0.2, 0.25) is 0 Å². The van der Waals surface area contributed by atoms with Gasteiger partial charge in [-0.05, 0) is 28.1 Å². The maximum absolute atomic E-state index is 13.6. The molecule has 0 spiro atoms. The van der Waals surface area contributed by atoms with Gasteiger partial charge in [-0.2, -0.15) is 0 Å². The highest BCUT2D eigenvalue weighted by atomic mass is 79.9. The number of rotatable bonds is 1. The van der Waals surface area contributed by atoms with Crippen molar-refractivity contribution in [1.82, 2.24) is 9.44 Å². The molecule has 2 rings (SSSR count). The van der Waals surface area contributed by atoms with Crippen molar-refractivity contribution in [3.8, 4) is 0 Å². The van der Waals surface area contributed by atoms with Gasteiger partial charge in [-0.15, -0.1) is 0 Å². The Bertz CT molecular complexity index is 480. The predicted molar refractivity (Wildman–Crippen MR) is 58.0 cm³/mol. The van der Waals surface area contributed by atoms with Gasteiger partial charge in [0.05, 0.1) is 15.9 Å². The molecule has 1 aliphatic rings. The molecule has 2 N–H and O–H groups in total. The Kier molecular flexibility index (Phi) is 2.61. The molecule has 4 nitrogen and oxygen atoms in total. The largest absolute Gasteiger partial charge is 0.282 e. The third-order valence-electron chi connectivity index (χ3n) is 2.01. The number of carbonyl (C=O) groups is 1. The van der Waals surface area contributed by atoms with Crippen molar-refractivity contribution in [2.24, 2.45) is 0 Å². The number of nitrogens with one attached hydrogen (secondary N) is 2. The predicted octanol–water partition coefficient (Wildman–Crippen LogP) is 0.513. The summed E-state index contributed by atoms with van der Waals surface area (Å²) in [6, 6.07) is 4.46. The molecule has 15 heavy (non-hydrogen) atoms. The van der Waals surface area contributed by atoms with Crippen LogP contribution >= 0.6 is 15.9 Å². The van der Waals surface area contributed by atoms with Gasteiger partial charge in [0.15, 0.2) is 5.82 Å². The highest BCUT2D eigenvalue weighted by Gasteiger charge is 2.29. The summed E-state index contributed by atoms with van der Waals surface area (Å²) in [6.45, 7) is -0.0524. The molecule has 1 heterocycles. The summed E-state index contributed by atoms with van der Waals surface area (Å²) in [5.74, 6) is -1.01. The fourth-order valence-electron chi connectivity index (χ4n) is 1.32. The molecule has 1 aromatic rings. The van der Waals surface area contributed by atoms with Crippen LogP contribution in [-0.2, 0) is 15.1 Å². The quantitative estimate of drug-likeness (QED) is 0.661. The summed E-state index contributed by atoms with van der Waals surface area (Å²) in [5, 5.41) is 0. The summed E-state index contributed by atoms with van der Waals surface area (Å²) >= 11 is 3.00. The molecule has 0 radical (unpaired) electrons. The molecular weight excluding hydrogens is 287 g/mol. The Hall–Kier alpha value is -0.790. The molecule has 0 aliphatic carbocycles. The Labute approximate surface area is 95.1 Å². The molecule has 7 heteroatoms. The van der Waals surface area contributed by atoms with Gasteiger partial charge in [0.1, 0.15) is 0 Å². The Morgan fingerprint density at radius 3 is 2.80 bits per heavy atom. The van der Waals surface area contributed by atoms with E-state index in [0.29, 0.717) is 0 Å². The number of carbonyl (C=O) groups excluding carboxylic acids is 1. The maximum atomic E-state index is 13.6. The lowest BCUT2D eigenvalue weighted by atomic mass is 10.3. The van der Waals surface area contributed by atoms with Crippen LogP contribution < -0.4 is 9.44 Å². The zero-order valence-electron chi connectivity index (χ0n) is 7.46. The first-order valence-electron chi connectivity index (χ1n) is 4.14. The first kappa shape index (κ1) is 10.7. The number of thiol groups is 1. The minimum atomic E-state index is -3.30. The van der Waals surface area contributed by atoms with Gasteiger partial charge in [-0.3, -0.25) is 9.52 Å². The van der Waals surface area contributed by atoms with Crippen LogP contribution in [0.15, 0.2) is 27.6 Å². The summed E-state index contributed by atoms with van der Waals surface area (Å²) in [6.07, 6.45) is 0. The third-order valence-corrected chi connectivity index (χ3v) is 4.82. The van der Waals surface area contributed by atoms with E-state index in [1.807, 2.05) is 0 Å². The van der Waals surface area contributed by atoms with E-state index in [1.165, 1.54) is 12.1 Å². The SMILES string of the molecule is O=C1CN[SH](=O)(c2cccc(Br)c2F)N1. The molecule has 0 aromatic heterocycles. The number of hydrogen-bond acceptors (Lipinski definition) is 2. The van der Waals surface area contributed by atoms with E-state index >= 15 is 0 Å². The Morgan fingerprint density at radius 1 is 1.47 bits per heavy atom. The first-order chi connectivity index (χ1) is 7.03. The number of hydrogen-bond donors (Lipinski definition) is 3. The molecule has 0 saturated carbocycles. The second-order valence-corrected chi connectivity index (χ2v) is 6.15. The fraction of sp³-hybridized carbons (Fsp3) is 0.125. The summed E-state index contributed by atoms with van der Waals surface area (Å²) in [5.41, 5.74) is 0. The highest BCUT2D eigenvalue weighted by molar-refractivity contribution is 9.10. The molecule has 1 aromatic carbocycles. The number of halogens is 2. The van der Waals surface area contributed by atoms with E-state index in [-0.39, 0.29) is 15.9 Å². The van der Waals surface area contributed by atoms with Gasteiger partial charge in [0, 0.05) is 10.3 Å². The van der Waals surface area contributed by atoms with Crippen molar-refractivity contribution in [3.63, 3.8) is 0 Å². The van der Waals surface area contributed by atoms with Crippen LogP contribution in [0.3, 0.4) is 0 Å². The van der Waals surface area contributed by atoms with E-state index in [0.717, 1.165) is 0 Å². The standard InChI is InChI=1S/C8H8BrFN2O2S/c9-5-2-1-3-6(8(5)10)15(14)11-4-7(13)12-15/h1-3,15H,4H2,(H2,11,12,13,14). The molecule has 0 unspecified atom stereocenters. The Balaban J connectivity index is 2.50. The van der Waals surface area contributed by atoms with Crippen LogP contribution in [-0.4, -0.2) is 16.7 Å². The van der Waals surface area contributed by atoms with Crippen LogP contribution in [0.1, 0.15) is 0 Å². The molecule has 82 valence electrons. The zero-order valence-corrected chi connectivity index (χ0v) is 9.94. The smallest absolute Gasteiger partial charge is 0.246 e. The van der Waals surface area contributed by atoms with E-state index in [1.54, 1.807) is 6.07 Å². The summed E-state index contributed by atoms with van der Waals surface area (Å²) in [4.78, 5) is 10.9. The summed E-state index contributed by atoms with van der Waals surface area (Å²) < 4.78 is 30.7. The lowest BCUT2D eigenvalue weighted by Gasteiger charge is -2.19. The van der Waals surface area contributed by atoms with E-state index in [2.05, 4.69) is 25.4 Å². The third kappa shape index (κ3) is 1.82. The second kappa shape index (κ2) is 3.66. The highest BCUT2D eigenvalue weighted by Crippen LogP contribution is 2.25. The van der Waals surface area contributed by atoms with Gasteiger partial charge in [-0.1, -0.05) is 6.07 Å².